The number of thiophene rings is 2. The van der Waals surface area contributed by atoms with Crippen molar-refractivity contribution in [3.05, 3.63) is 32.9 Å². The van der Waals surface area contributed by atoms with Crippen molar-refractivity contribution in [2.24, 2.45) is 0 Å². The maximum absolute atomic E-state index is 12.1. The molecule has 0 spiro atoms. The number of hydrogen-bond acceptors (Lipinski definition) is 6. The minimum Gasteiger partial charge on any atom is -0.209 e. The summed E-state index contributed by atoms with van der Waals surface area (Å²) in [5, 5.41) is 0. The Morgan fingerprint density at radius 1 is 0.957 bits per heavy atom. The van der Waals surface area contributed by atoms with Crippen LogP contribution < -0.4 is 9.44 Å². The van der Waals surface area contributed by atoms with Crippen LogP contribution in [0.2, 0.25) is 8.67 Å². The third-order valence-corrected chi connectivity index (χ3v) is 9.02. The van der Waals surface area contributed by atoms with Gasteiger partial charge in [-0.1, -0.05) is 23.2 Å². The molecule has 2 heterocycles. The molecule has 2 aromatic heterocycles. The van der Waals surface area contributed by atoms with Crippen molar-refractivity contribution in [2.75, 3.05) is 6.54 Å². The highest BCUT2D eigenvalue weighted by Gasteiger charge is 2.22. The quantitative estimate of drug-likeness (QED) is 0.700. The molecule has 12 heteroatoms. The van der Waals surface area contributed by atoms with Crippen LogP contribution in [-0.4, -0.2) is 29.4 Å². The first-order valence-electron chi connectivity index (χ1n) is 6.13. The molecule has 0 radical (unpaired) electrons. The van der Waals surface area contributed by atoms with Crippen LogP contribution in [0.15, 0.2) is 32.7 Å². The lowest BCUT2D eigenvalue weighted by Gasteiger charge is -2.14. The lowest BCUT2D eigenvalue weighted by atomic mass is 10.4. The Labute approximate surface area is 152 Å². The molecule has 0 saturated carbocycles. The summed E-state index contributed by atoms with van der Waals surface area (Å²) in [5.41, 5.74) is 0. The van der Waals surface area contributed by atoms with Crippen LogP contribution >= 0.6 is 45.9 Å². The topological polar surface area (TPSA) is 92.3 Å². The van der Waals surface area contributed by atoms with Crippen molar-refractivity contribution in [1.29, 1.82) is 0 Å². The zero-order chi connectivity index (χ0) is 17.3. The summed E-state index contributed by atoms with van der Waals surface area (Å²) in [4.78, 5) is 0. The second-order valence-electron chi connectivity index (χ2n) is 4.49. The highest BCUT2D eigenvalue weighted by Crippen LogP contribution is 2.26. The van der Waals surface area contributed by atoms with E-state index in [1.54, 1.807) is 6.92 Å². The fraction of sp³-hybridized carbons (Fsp3) is 0.273. The number of hydrogen-bond donors (Lipinski definition) is 2. The largest absolute Gasteiger partial charge is 0.250 e. The molecule has 1 atom stereocenters. The van der Waals surface area contributed by atoms with Gasteiger partial charge in [0.1, 0.15) is 8.42 Å². The molecule has 0 aliphatic carbocycles. The normalized spacial score (nSPS) is 14.0. The molecule has 0 fully saturated rings. The van der Waals surface area contributed by atoms with E-state index < -0.39 is 26.1 Å². The van der Waals surface area contributed by atoms with E-state index in [1.807, 2.05) is 0 Å². The predicted molar refractivity (Wildman–Crippen MR) is 93.6 cm³/mol. The Balaban J connectivity index is 1.99. The van der Waals surface area contributed by atoms with Gasteiger partial charge in [-0.15, -0.1) is 22.7 Å². The highest BCUT2D eigenvalue weighted by atomic mass is 35.5. The third kappa shape index (κ3) is 5.13. The standard InChI is InChI=1S/C11H12Cl2N2O4S4/c1-7(15-23(18,19)11-5-3-9(13)21-11)6-14-22(16,17)10-4-2-8(12)20-10/h2-5,7,14-15H,6H2,1H3. The second-order valence-corrected chi connectivity index (χ2v) is 11.9. The second kappa shape index (κ2) is 7.36. The fourth-order valence-corrected chi connectivity index (χ4v) is 6.96. The molecule has 2 N–H and O–H groups in total. The first-order valence-corrected chi connectivity index (χ1v) is 11.5. The zero-order valence-corrected chi connectivity index (χ0v) is 16.4. The summed E-state index contributed by atoms with van der Waals surface area (Å²) in [6.07, 6.45) is 0. The van der Waals surface area contributed by atoms with E-state index in [0.717, 1.165) is 22.7 Å². The van der Waals surface area contributed by atoms with Gasteiger partial charge >= 0.3 is 0 Å². The maximum atomic E-state index is 12.1. The summed E-state index contributed by atoms with van der Waals surface area (Å²) in [5.74, 6) is 0. The number of sulfonamides is 2. The Bertz CT molecular complexity index is 889. The van der Waals surface area contributed by atoms with Crippen LogP contribution in [0, 0.1) is 0 Å². The molecule has 2 aromatic rings. The van der Waals surface area contributed by atoms with Crippen molar-refractivity contribution in [2.45, 2.75) is 21.4 Å². The van der Waals surface area contributed by atoms with E-state index in [1.165, 1.54) is 24.3 Å². The highest BCUT2D eigenvalue weighted by molar-refractivity contribution is 7.92. The molecule has 6 nitrogen and oxygen atoms in total. The van der Waals surface area contributed by atoms with Gasteiger partial charge in [0, 0.05) is 12.6 Å². The smallest absolute Gasteiger partial charge is 0.209 e. The van der Waals surface area contributed by atoms with Gasteiger partial charge in [0.2, 0.25) is 20.0 Å². The molecule has 23 heavy (non-hydrogen) atoms. The maximum Gasteiger partial charge on any atom is 0.250 e. The Morgan fingerprint density at radius 3 is 1.87 bits per heavy atom. The minimum atomic E-state index is -3.74. The van der Waals surface area contributed by atoms with E-state index >= 15 is 0 Å². The molecule has 0 saturated heterocycles. The summed E-state index contributed by atoms with van der Waals surface area (Å²) in [7, 11) is -7.46. The Kier molecular flexibility index (Phi) is 6.12. The number of nitrogens with one attached hydrogen (secondary N) is 2. The molecule has 1 unspecified atom stereocenters. The Morgan fingerprint density at radius 2 is 1.43 bits per heavy atom. The molecule has 0 aliphatic heterocycles. The van der Waals surface area contributed by atoms with Crippen molar-refractivity contribution >= 4 is 65.9 Å². The number of halogens is 2. The summed E-state index contributed by atoms with van der Waals surface area (Å²) < 4.78 is 53.9. The third-order valence-electron chi connectivity index (χ3n) is 2.56. The van der Waals surface area contributed by atoms with Crippen LogP contribution in [0.4, 0.5) is 0 Å². The van der Waals surface area contributed by atoms with Crippen LogP contribution in [0.25, 0.3) is 0 Å². The summed E-state index contributed by atoms with van der Waals surface area (Å²) in [6.45, 7) is 1.45. The van der Waals surface area contributed by atoms with Gasteiger partial charge in [-0.05, 0) is 31.2 Å². The molecule has 128 valence electrons. The fourth-order valence-electron chi connectivity index (χ4n) is 1.55. The first kappa shape index (κ1) is 19.1. The van der Waals surface area contributed by atoms with E-state index in [2.05, 4.69) is 9.44 Å². The van der Waals surface area contributed by atoms with E-state index in [-0.39, 0.29) is 15.0 Å². The molecule has 0 aromatic carbocycles. The van der Waals surface area contributed by atoms with Crippen LogP contribution in [-0.2, 0) is 20.0 Å². The molecular weight excluding hydrogens is 423 g/mol. The average Bonchev–Trinajstić information content (AvgIpc) is 3.05. The van der Waals surface area contributed by atoms with E-state index in [4.69, 9.17) is 23.2 Å². The molecular formula is C11H12Cl2N2O4S4. The van der Waals surface area contributed by atoms with Gasteiger partial charge in [0.05, 0.1) is 8.67 Å². The van der Waals surface area contributed by atoms with Gasteiger partial charge < -0.3 is 0 Å². The van der Waals surface area contributed by atoms with E-state index in [9.17, 15) is 16.8 Å². The lowest BCUT2D eigenvalue weighted by molar-refractivity contribution is 0.547. The SMILES string of the molecule is CC(CNS(=O)(=O)c1ccc(Cl)s1)NS(=O)(=O)c1ccc(Cl)s1. The minimum absolute atomic E-state index is 0.0715. The molecule has 0 aliphatic rings. The van der Waals surface area contributed by atoms with Crippen molar-refractivity contribution in [1.82, 2.24) is 9.44 Å². The van der Waals surface area contributed by atoms with Gasteiger partial charge in [0.25, 0.3) is 0 Å². The average molecular weight is 435 g/mol. The van der Waals surface area contributed by atoms with Crippen molar-refractivity contribution in [3.8, 4) is 0 Å². The van der Waals surface area contributed by atoms with Crippen molar-refractivity contribution < 1.29 is 16.8 Å². The van der Waals surface area contributed by atoms with Crippen molar-refractivity contribution in [3.63, 3.8) is 0 Å². The summed E-state index contributed by atoms with van der Waals surface area (Å²) in [6, 6.07) is 5.09. The van der Waals surface area contributed by atoms with Crippen LogP contribution in [0.5, 0.6) is 0 Å². The lowest BCUT2D eigenvalue weighted by Crippen LogP contribution is -2.41. The molecule has 2 rings (SSSR count). The van der Waals surface area contributed by atoms with Gasteiger partial charge in [-0.2, -0.15) is 0 Å². The first-order chi connectivity index (χ1) is 10.6. The van der Waals surface area contributed by atoms with Gasteiger partial charge in [-0.3, -0.25) is 0 Å². The monoisotopic (exact) mass is 434 g/mol. The van der Waals surface area contributed by atoms with E-state index in [0.29, 0.717) is 8.67 Å². The van der Waals surface area contributed by atoms with Crippen LogP contribution in [0.3, 0.4) is 0 Å². The van der Waals surface area contributed by atoms with Crippen LogP contribution in [0.1, 0.15) is 6.92 Å². The predicted octanol–water partition coefficient (Wildman–Crippen LogP) is 2.76. The molecule has 0 amide bonds. The van der Waals surface area contributed by atoms with Gasteiger partial charge in [0.15, 0.2) is 0 Å². The molecule has 0 bridgehead atoms. The van der Waals surface area contributed by atoms with Gasteiger partial charge in [-0.25, -0.2) is 26.3 Å². The number of rotatable bonds is 7. The zero-order valence-electron chi connectivity index (χ0n) is 11.6. The Hall–Kier alpha value is -0.200. The summed E-state index contributed by atoms with van der Waals surface area (Å²) >= 11 is 13.3.